The number of hydrogen-bond acceptors (Lipinski definition) is 9. The van der Waals surface area contributed by atoms with Gasteiger partial charge in [-0.15, -0.1) is 0 Å². The lowest BCUT2D eigenvalue weighted by atomic mass is 10.2. The van der Waals surface area contributed by atoms with Gasteiger partial charge >= 0.3 is 11.9 Å². The second-order valence-corrected chi connectivity index (χ2v) is 8.86. The fraction of sp³-hybridized carbons (Fsp3) is 0.208. The molecule has 3 aromatic rings. The topological polar surface area (TPSA) is 152 Å². The monoisotopic (exact) mass is 687 g/mol. The van der Waals surface area contributed by atoms with Gasteiger partial charge in [0, 0.05) is 20.0 Å². The predicted molar refractivity (Wildman–Crippen MR) is 149 cm³/mol. The molecule has 3 rings (SSSR count). The minimum atomic E-state index is -0.769. The largest absolute Gasteiger partial charge is 0.461 e. The summed E-state index contributed by atoms with van der Waals surface area (Å²) in [6.07, 6.45) is 0.736. The molecule has 0 atom stereocenters. The van der Waals surface area contributed by atoms with Crippen molar-refractivity contribution in [3.8, 4) is 0 Å². The Hall–Kier alpha value is -2.83. The van der Waals surface area contributed by atoms with Crippen molar-refractivity contribution in [1.82, 2.24) is 4.98 Å². The number of fused-ring (bicyclic) bond motifs is 1. The van der Waals surface area contributed by atoms with Crippen molar-refractivity contribution in [2.24, 2.45) is 0 Å². The normalized spacial score (nSPS) is 9.69. The van der Waals surface area contributed by atoms with Gasteiger partial charge in [0.1, 0.15) is 0 Å². The van der Waals surface area contributed by atoms with Crippen LogP contribution in [0, 0.1) is 0 Å². The van der Waals surface area contributed by atoms with Gasteiger partial charge in [0.05, 0.1) is 35.3 Å². The number of pyridine rings is 1. The molecule has 192 valence electrons. The van der Waals surface area contributed by atoms with E-state index >= 15 is 0 Å². The summed E-state index contributed by atoms with van der Waals surface area (Å²) in [6, 6.07) is 12.5. The molecule has 0 saturated heterocycles. The number of rotatable bonds is 6. The number of ketones is 1. The number of benzene rings is 2. The molecule has 0 amide bonds. The summed E-state index contributed by atoms with van der Waals surface area (Å²) in [5.41, 5.74) is 13.5. The Morgan fingerprint density at radius 1 is 0.944 bits per heavy atom. The van der Waals surface area contributed by atoms with E-state index in [1.165, 1.54) is 0 Å². The number of carbonyl (C=O) groups excluding carboxylic acids is 4. The van der Waals surface area contributed by atoms with Crippen molar-refractivity contribution in [3.05, 3.63) is 62.7 Å². The molecule has 0 aliphatic heterocycles. The summed E-state index contributed by atoms with van der Waals surface area (Å²) in [6.45, 7) is 3.94. The van der Waals surface area contributed by atoms with Crippen LogP contribution >= 0.6 is 47.8 Å². The Kier molecular flexibility index (Phi) is 13.9. The number of nitrogen functional groups attached to an aromatic ring is 2. The van der Waals surface area contributed by atoms with Gasteiger partial charge in [-0.2, -0.15) is 0 Å². The first kappa shape index (κ1) is 31.2. The smallest absolute Gasteiger partial charge is 0.375 e. The fourth-order valence-electron chi connectivity index (χ4n) is 2.48. The molecule has 0 aliphatic carbocycles. The number of hydrogen-bond donors (Lipinski definition) is 2. The Balaban J connectivity index is 0.000000293. The van der Waals surface area contributed by atoms with Gasteiger partial charge in [0.25, 0.3) is 0 Å². The molecule has 0 spiro atoms. The summed E-state index contributed by atoms with van der Waals surface area (Å²) in [5, 5.41) is 0.907. The van der Waals surface area contributed by atoms with Gasteiger partial charge < -0.3 is 20.9 Å². The van der Waals surface area contributed by atoms with Gasteiger partial charge in [0.2, 0.25) is 5.78 Å². The minimum Gasteiger partial charge on any atom is -0.461 e. The van der Waals surface area contributed by atoms with E-state index in [9.17, 15) is 19.2 Å². The van der Waals surface area contributed by atoms with Crippen molar-refractivity contribution in [2.45, 2.75) is 13.8 Å². The summed E-state index contributed by atoms with van der Waals surface area (Å²) in [7, 11) is 0. The van der Waals surface area contributed by atoms with Crippen LogP contribution < -0.4 is 11.5 Å². The zero-order valence-corrected chi connectivity index (χ0v) is 24.2. The lowest BCUT2D eigenvalue weighted by Crippen LogP contribution is -2.17. The lowest BCUT2D eigenvalue weighted by molar-refractivity contribution is -0.152. The number of halogens is 3. The Bertz CT molecular complexity index is 1220. The van der Waals surface area contributed by atoms with Gasteiger partial charge in [-0.3, -0.25) is 9.59 Å². The van der Waals surface area contributed by atoms with Gasteiger partial charge in [-0.25, -0.2) is 14.6 Å². The highest BCUT2D eigenvalue weighted by molar-refractivity contribution is 9.11. The molecule has 9 nitrogen and oxygen atoms in total. The maximum atomic E-state index is 11.6. The van der Waals surface area contributed by atoms with Crippen LogP contribution in [-0.2, 0) is 19.1 Å². The van der Waals surface area contributed by atoms with Crippen molar-refractivity contribution in [1.29, 1.82) is 0 Å². The number of aldehydes is 1. The van der Waals surface area contributed by atoms with E-state index < -0.39 is 17.7 Å². The van der Waals surface area contributed by atoms with E-state index in [0.29, 0.717) is 29.1 Å². The molecule has 2 aromatic carbocycles. The van der Waals surface area contributed by atoms with Crippen LogP contribution in [0.5, 0.6) is 0 Å². The Morgan fingerprint density at radius 2 is 1.56 bits per heavy atom. The Labute approximate surface area is 233 Å². The quantitative estimate of drug-likeness (QED) is 0.118. The zero-order chi connectivity index (χ0) is 27.3. The number of aromatic nitrogens is 1. The van der Waals surface area contributed by atoms with E-state index in [1.807, 2.05) is 18.2 Å². The SMILES string of the molecule is CCOC(=O)C(=O)CBr.CCOC(=O)c1nc2cccc(Br)c2cc1N.Nc1cccc(Br)c1C=O. The second-order valence-electron chi connectivity index (χ2n) is 6.59. The molecular formula is C24H24Br3N3O6. The highest BCUT2D eigenvalue weighted by Gasteiger charge is 2.14. The number of esters is 2. The Morgan fingerprint density at radius 3 is 2.08 bits per heavy atom. The maximum Gasteiger partial charge on any atom is 0.375 e. The van der Waals surface area contributed by atoms with E-state index in [1.54, 1.807) is 38.1 Å². The highest BCUT2D eigenvalue weighted by Crippen LogP contribution is 2.26. The highest BCUT2D eigenvalue weighted by atomic mass is 79.9. The lowest BCUT2D eigenvalue weighted by Gasteiger charge is -2.07. The molecular weight excluding hydrogens is 666 g/mol. The van der Waals surface area contributed by atoms with Crippen LogP contribution in [0.4, 0.5) is 11.4 Å². The summed E-state index contributed by atoms with van der Waals surface area (Å²) >= 11 is 9.44. The molecule has 1 heterocycles. The zero-order valence-electron chi connectivity index (χ0n) is 19.4. The van der Waals surface area contributed by atoms with Crippen LogP contribution in [-0.4, -0.2) is 47.5 Å². The average Bonchev–Trinajstić information content (AvgIpc) is 2.85. The second kappa shape index (κ2) is 16.0. The van der Waals surface area contributed by atoms with Gasteiger partial charge in [-0.05, 0) is 60.1 Å². The van der Waals surface area contributed by atoms with Crippen molar-refractivity contribution in [3.63, 3.8) is 0 Å². The third kappa shape index (κ3) is 9.32. The van der Waals surface area contributed by atoms with Crippen LogP contribution in [0.1, 0.15) is 34.7 Å². The third-order valence-electron chi connectivity index (χ3n) is 4.13. The number of alkyl halides is 1. The fourth-order valence-corrected chi connectivity index (χ4v) is 3.66. The minimum absolute atomic E-state index is 0.0336. The number of anilines is 2. The van der Waals surface area contributed by atoms with Crippen LogP contribution in [0.3, 0.4) is 0 Å². The molecule has 0 fully saturated rings. The predicted octanol–water partition coefficient (Wildman–Crippen LogP) is 5.11. The molecule has 0 radical (unpaired) electrons. The van der Waals surface area contributed by atoms with Gasteiger partial charge in [0.15, 0.2) is 12.0 Å². The molecule has 0 bridgehead atoms. The number of Topliss-reactive ketones (excluding diaryl/α,β-unsaturated/α-hetero) is 1. The maximum absolute atomic E-state index is 11.6. The van der Waals surface area contributed by atoms with Crippen LogP contribution in [0.15, 0.2) is 51.4 Å². The first-order valence-electron chi connectivity index (χ1n) is 10.4. The standard InChI is InChI=1S/C12H11BrN2O2.C7H6BrNO.C5H7BrO3/c1-2-17-12(16)11-9(14)6-7-8(13)4-3-5-10(7)15-11;8-6-2-1-3-7(9)5(6)4-10;1-2-9-5(8)4(7)3-6/h3-6H,2,14H2,1H3;1-4H,9H2;2-3H2,1H3. The van der Waals surface area contributed by atoms with Gasteiger partial charge in [-0.1, -0.05) is 44.0 Å². The van der Waals surface area contributed by atoms with E-state index in [4.69, 9.17) is 16.2 Å². The van der Waals surface area contributed by atoms with Crippen molar-refractivity contribution >= 4 is 94.1 Å². The molecule has 1 aromatic heterocycles. The summed E-state index contributed by atoms with van der Waals surface area (Å²) in [5.74, 6) is -1.81. The molecule has 12 heteroatoms. The van der Waals surface area contributed by atoms with Crippen molar-refractivity contribution in [2.75, 3.05) is 30.0 Å². The number of ether oxygens (including phenoxy) is 2. The molecule has 0 unspecified atom stereocenters. The van der Waals surface area contributed by atoms with Crippen LogP contribution in [0.25, 0.3) is 10.9 Å². The first-order valence-corrected chi connectivity index (χ1v) is 13.1. The molecule has 36 heavy (non-hydrogen) atoms. The van der Waals surface area contributed by atoms with E-state index in [-0.39, 0.29) is 17.6 Å². The summed E-state index contributed by atoms with van der Waals surface area (Å²) < 4.78 is 10.9. The first-order chi connectivity index (χ1) is 17.1. The molecule has 0 aliphatic rings. The van der Waals surface area contributed by atoms with Crippen molar-refractivity contribution < 1.29 is 28.7 Å². The third-order valence-corrected chi connectivity index (χ3v) is 6.03. The van der Waals surface area contributed by atoms with E-state index in [0.717, 1.165) is 20.6 Å². The number of nitrogens with zero attached hydrogens (tertiary/aromatic N) is 1. The molecule has 0 saturated carbocycles. The van der Waals surface area contributed by atoms with Crippen LogP contribution in [0.2, 0.25) is 0 Å². The number of carbonyl (C=O) groups is 4. The molecule has 4 N–H and O–H groups in total. The van der Waals surface area contributed by atoms with E-state index in [2.05, 4.69) is 57.5 Å². The number of nitrogens with two attached hydrogens (primary N) is 2. The average molecular weight is 690 g/mol. The summed E-state index contributed by atoms with van der Waals surface area (Å²) in [4.78, 5) is 46.9.